The Labute approximate surface area is 86.3 Å². The lowest BCUT2D eigenvalue weighted by atomic mass is 10.1. The molecule has 0 N–H and O–H groups in total. The number of nitrogens with zero attached hydrogens (tertiary/aromatic N) is 3. The van der Waals surface area contributed by atoms with Crippen molar-refractivity contribution in [3.05, 3.63) is 11.6 Å². The molecule has 0 aliphatic rings. The van der Waals surface area contributed by atoms with Crippen molar-refractivity contribution in [1.82, 2.24) is 14.8 Å². The molecule has 1 aromatic rings. The summed E-state index contributed by atoms with van der Waals surface area (Å²) in [6.07, 6.45) is -4.42. The van der Waals surface area contributed by atoms with Crippen molar-refractivity contribution in [2.24, 2.45) is 7.05 Å². The Morgan fingerprint density at radius 3 is 2.40 bits per heavy atom. The van der Waals surface area contributed by atoms with Crippen molar-refractivity contribution in [1.29, 1.82) is 0 Å². The van der Waals surface area contributed by atoms with Crippen molar-refractivity contribution >= 4 is 0 Å². The van der Waals surface area contributed by atoms with Gasteiger partial charge in [-0.25, -0.2) is 0 Å². The third kappa shape index (κ3) is 2.94. The van der Waals surface area contributed by atoms with Gasteiger partial charge in [-0.05, 0) is 6.42 Å². The number of rotatable bonds is 3. The van der Waals surface area contributed by atoms with E-state index in [0.717, 1.165) is 6.42 Å². The smallest absolute Gasteiger partial charge is 0.318 e. The van der Waals surface area contributed by atoms with E-state index in [1.165, 1.54) is 4.57 Å². The van der Waals surface area contributed by atoms with Crippen molar-refractivity contribution in [3.63, 3.8) is 0 Å². The monoisotopic (exact) mass is 221 g/mol. The highest BCUT2D eigenvalue weighted by Crippen LogP contribution is 2.22. The molecule has 0 saturated heterocycles. The summed E-state index contributed by atoms with van der Waals surface area (Å²) in [6.45, 7) is 3.88. The minimum absolute atomic E-state index is 0.0298. The van der Waals surface area contributed by atoms with Gasteiger partial charge in [-0.3, -0.25) is 0 Å². The van der Waals surface area contributed by atoms with Crippen LogP contribution in [0.15, 0.2) is 0 Å². The lowest BCUT2D eigenvalue weighted by Crippen LogP contribution is -2.16. The minimum atomic E-state index is -4.23. The number of hydrogen-bond acceptors (Lipinski definition) is 2. The van der Waals surface area contributed by atoms with Crippen LogP contribution in [0.2, 0.25) is 0 Å². The largest absolute Gasteiger partial charge is 0.396 e. The Morgan fingerprint density at radius 1 is 1.33 bits per heavy atom. The Morgan fingerprint density at radius 2 is 1.93 bits per heavy atom. The predicted molar refractivity (Wildman–Crippen MR) is 49.5 cm³/mol. The molecule has 0 spiro atoms. The zero-order valence-corrected chi connectivity index (χ0v) is 8.97. The molecule has 1 heterocycles. The van der Waals surface area contributed by atoms with E-state index in [-0.39, 0.29) is 11.7 Å². The predicted octanol–water partition coefficient (Wildman–Crippen LogP) is 2.43. The average Bonchev–Trinajstić information content (AvgIpc) is 2.45. The Balaban J connectivity index is 2.89. The summed E-state index contributed by atoms with van der Waals surface area (Å²) in [5.41, 5.74) is 0. The first kappa shape index (κ1) is 12.0. The SMILES string of the molecule is CCC(C)c1nnc(CC(F)(F)F)n1C. The highest BCUT2D eigenvalue weighted by atomic mass is 19.4. The van der Waals surface area contributed by atoms with Gasteiger partial charge in [0, 0.05) is 13.0 Å². The molecule has 6 heteroatoms. The molecule has 15 heavy (non-hydrogen) atoms. The van der Waals surface area contributed by atoms with E-state index in [4.69, 9.17) is 0 Å². The summed E-state index contributed by atoms with van der Waals surface area (Å²) in [5, 5.41) is 7.35. The van der Waals surface area contributed by atoms with Crippen LogP contribution in [0.3, 0.4) is 0 Å². The Hall–Kier alpha value is -1.07. The van der Waals surface area contributed by atoms with Gasteiger partial charge < -0.3 is 4.57 Å². The van der Waals surface area contributed by atoms with Gasteiger partial charge in [0.1, 0.15) is 18.1 Å². The molecule has 0 bridgehead atoms. The van der Waals surface area contributed by atoms with Crippen LogP contribution in [-0.2, 0) is 13.5 Å². The van der Waals surface area contributed by atoms with Crippen molar-refractivity contribution in [2.45, 2.75) is 38.8 Å². The molecule has 1 rings (SSSR count). The summed E-state index contributed by atoms with van der Waals surface area (Å²) >= 11 is 0. The van der Waals surface area contributed by atoms with Crippen LogP contribution in [0.25, 0.3) is 0 Å². The van der Waals surface area contributed by atoms with E-state index >= 15 is 0 Å². The first-order chi connectivity index (χ1) is 6.85. The van der Waals surface area contributed by atoms with E-state index in [9.17, 15) is 13.2 Å². The second kappa shape index (κ2) is 4.20. The molecule has 3 nitrogen and oxygen atoms in total. The highest BCUT2D eigenvalue weighted by molar-refractivity contribution is 5.01. The van der Waals surface area contributed by atoms with E-state index in [2.05, 4.69) is 10.2 Å². The number of aromatic nitrogens is 3. The van der Waals surface area contributed by atoms with Gasteiger partial charge >= 0.3 is 6.18 Å². The van der Waals surface area contributed by atoms with E-state index in [1.54, 1.807) is 7.05 Å². The average molecular weight is 221 g/mol. The molecule has 0 amide bonds. The van der Waals surface area contributed by atoms with Crippen molar-refractivity contribution < 1.29 is 13.2 Å². The van der Waals surface area contributed by atoms with Crippen LogP contribution < -0.4 is 0 Å². The maximum Gasteiger partial charge on any atom is 0.396 e. The molecular formula is C9H14F3N3. The molecule has 1 aromatic heterocycles. The third-order valence-corrected chi connectivity index (χ3v) is 2.41. The maximum absolute atomic E-state index is 12.1. The van der Waals surface area contributed by atoms with Gasteiger partial charge in [-0.2, -0.15) is 13.2 Å². The van der Waals surface area contributed by atoms with Gasteiger partial charge in [-0.1, -0.05) is 13.8 Å². The quantitative estimate of drug-likeness (QED) is 0.784. The fraction of sp³-hybridized carbons (Fsp3) is 0.778. The molecular weight excluding hydrogens is 207 g/mol. The van der Waals surface area contributed by atoms with Gasteiger partial charge in [0.25, 0.3) is 0 Å². The van der Waals surface area contributed by atoms with E-state index in [0.29, 0.717) is 5.82 Å². The molecule has 0 aliphatic carbocycles. The van der Waals surface area contributed by atoms with E-state index < -0.39 is 12.6 Å². The molecule has 0 aromatic carbocycles. The third-order valence-electron chi connectivity index (χ3n) is 2.41. The summed E-state index contributed by atoms with van der Waals surface area (Å²) in [4.78, 5) is 0. The van der Waals surface area contributed by atoms with Crippen molar-refractivity contribution in [3.8, 4) is 0 Å². The highest BCUT2D eigenvalue weighted by Gasteiger charge is 2.31. The Bertz CT molecular complexity index is 330. The fourth-order valence-corrected chi connectivity index (χ4v) is 1.32. The van der Waals surface area contributed by atoms with Crippen molar-refractivity contribution in [2.75, 3.05) is 0 Å². The fourth-order valence-electron chi connectivity index (χ4n) is 1.32. The summed E-state index contributed by atoms with van der Waals surface area (Å²) < 4.78 is 37.8. The first-order valence-corrected chi connectivity index (χ1v) is 4.80. The lowest BCUT2D eigenvalue weighted by Gasteiger charge is -2.09. The number of alkyl halides is 3. The first-order valence-electron chi connectivity index (χ1n) is 4.80. The minimum Gasteiger partial charge on any atom is -0.318 e. The number of hydrogen-bond donors (Lipinski definition) is 0. The molecule has 1 atom stereocenters. The van der Waals surface area contributed by atoms with Crippen LogP contribution in [0.5, 0.6) is 0 Å². The normalized spacial score (nSPS) is 14.3. The van der Waals surface area contributed by atoms with Gasteiger partial charge in [0.2, 0.25) is 0 Å². The summed E-state index contributed by atoms with van der Waals surface area (Å²) in [6, 6.07) is 0. The zero-order chi connectivity index (χ0) is 11.6. The van der Waals surface area contributed by atoms with Crippen LogP contribution in [-0.4, -0.2) is 20.9 Å². The van der Waals surface area contributed by atoms with Gasteiger partial charge in [-0.15, -0.1) is 10.2 Å². The van der Waals surface area contributed by atoms with Crippen LogP contribution in [0.4, 0.5) is 13.2 Å². The van der Waals surface area contributed by atoms with Gasteiger partial charge in [0.15, 0.2) is 0 Å². The lowest BCUT2D eigenvalue weighted by molar-refractivity contribution is -0.128. The summed E-state index contributed by atoms with van der Waals surface area (Å²) in [7, 11) is 1.57. The number of halogens is 3. The second-order valence-electron chi connectivity index (χ2n) is 3.63. The molecule has 1 unspecified atom stereocenters. The standard InChI is InChI=1S/C9H14F3N3/c1-4-6(2)8-14-13-7(15(8)3)5-9(10,11)12/h6H,4-5H2,1-3H3. The molecule has 0 radical (unpaired) electrons. The van der Waals surface area contributed by atoms with E-state index in [1.807, 2.05) is 13.8 Å². The zero-order valence-electron chi connectivity index (χ0n) is 8.97. The molecule has 0 saturated carbocycles. The molecule has 0 fully saturated rings. The molecule has 86 valence electrons. The molecule has 0 aliphatic heterocycles. The maximum atomic E-state index is 12.1. The van der Waals surface area contributed by atoms with Crippen LogP contribution in [0, 0.1) is 0 Å². The second-order valence-corrected chi connectivity index (χ2v) is 3.63. The Kier molecular flexibility index (Phi) is 3.36. The van der Waals surface area contributed by atoms with Crippen LogP contribution in [0.1, 0.15) is 37.8 Å². The summed E-state index contributed by atoms with van der Waals surface area (Å²) in [5.74, 6) is 0.707. The topological polar surface area (TPSA) is 30.7 Å². The van der Waals surface area contributed by atoms with Gasteiger partial charge in [0.05, 0.1) is 0 Å². The van der Waals surface area contributed by atoms with Crippen LogP contribution >= 0.6 is 0 Å².